The van der Waals surface area contributed by atoms with Crippen molar-refractivity contribution >= 4 is 32.2 Å². The number of rotatable bonds is 4. The molecule has 1 heterocycles. The molecule has 0 saturated carbocycles. The molecule has 1 fully saturated rings. The zero-order valence-corrected chi connectivity index (χ0v) is 17.9. The van der Waals surface area contributed by atoms with Crippen molar-refractivity contribution < 1.29 is 8.42 Å². The Balaban J connectivity index is 1.78. The molecule has 0 spiro atoms. The summed E-state index contributed by atoms with van der Waals surface area (Å²) in [5, 5.41) is 5.35. The Morgan fingerprint density at radius 2 is 1.52 bits per heavy atom. The van der Waals surface area contributed by atoms with Crippen LogP contribution in [0.4, 0.5) is 11.4 Å². The molecule has 1 saturated heterocycles. The van der Waals surface area contributed by atoms with E-state index in [9.17, 15) is 8.42 Å². The molecule has 152 valence electrons. The summed E-state index contributed by atoms with van der Waals surface area (Å²) in [6.45, 7) is 9.46. The van der Waals surface area contributed by atoms with Gasteiger partial charge in [-0.3, -0.25) is 4.72 Å². The van der Waals surface area contributed by atoms with Gasteiger partial charge in [-0.05, 0) is 44.0 Å². The molecule has 0 aliphatic carbocycles. The number of fused-ring (bicyclic) bond motifs is 1. The zero-order valence-electron chi connectivity index (χ0n) is 17.1. The molecule has 5 nitrogen and oxygen atoms in total. The van der Waals surface area contributed by atoms with E-state index in [1.54, 1.807) is 0 Å². The second kappa shape index (κ2) is 7.69. The lowest BCUT2D eigenvalue weighted by atomic mass is 10.1. The predicted molar refractivity (Wildman–Crippen MR) is 120 cm³/mol. The van der Waals surface area contributed by atoms with Gasteiger partial charge in [-0.25, -0.2) is 8.42 Å². The van der Waals surface area contributed by atoms with E-state index in [-0.39, 0.29) is 0 Å². The maximum absolute atomic E-state index is 13.3. The highest BCUT2D eigenvalue weighted by Gasteiger charge is 2.22. The highest BCUT2D eigenvalue weighted by Crippen LogP contribution is 2.34. The Kier molecular flexibility index (Phi) is 5.23. The maximum atomic E-state index is 13.3. The number of aryl methyl sites for hydroxylation is 3. The van der Waals surface area contributed by atoms with Crippen LogP contribution in [0.1, 0.15) is 16.7 Å². The van der Waals surface area contributed by atoms with E-state index in [4.69, 9.17) is 0 Å². The molecular weight excluding hydrogens is 382 g/mol. The van der Waals surface area contributed by atoms with Crippen molar-refractivity contribution in [1.29, 1.82) is 0 Å². The van der Waals surface area contributed by atoms with Crippen LogP contribution < -0.4 is 14.9 Å². The van der Waals surface area contributed by atoms with Gasteiger partial charge in [-0.15, -0.1) is 0 Å². The third kappa shape index (κ3) is 3.82. The van der Waals surface area contributed by atoms with Crippen molar-refractivity contribution in [1.82, 2.24) is 5.32 Å². The Labute approximate surface area is 172 Å². The third-order valence-electron chi connectivity index (χ3n) is 5.48. The van der Waals surface area contributed by atoms with Gasteiger partial charge < -0.3 is 10.2 Å². The van der Waals surface area contributed by atoms with E-state index in [1.807, 2.05) is 63.2 Å². The van der Waals surface area contributed by atoms with E-state index in [1.165, 1.54) is 0 Å². The molecule has 6 heteroatoms. The van der Waals surface area contributed by atoms with Crippen LogP contribution in [0.2, 0.25) is 0 Å². The van der Waals surface area contributed by atoms with Gasteiger partial charge in [0.25, 0.3) is 10.0 Å². The molecule has 29 heavy (non-hydrogen) atoms. The first-order valence-electron chi connectivity index (χ1n) is 9.95. The molecule has 0 unspecified atom stereocenters. The summed E-state index contributed by atoms with van der Waals surface area (Å²) >= 11 is 0. The minimum absolute atomic E-state index is 0.360. The largest absolute Gasteiger partial charge is 0.368 e. The molecule has 3 aromatic rings. The first-order valence-corrected chi connectivity index (χ1v) is 11.4. The Hall–Kier alpha value is -2.57. The van der Waals surface area contributed by atoms with Gasteiger partial charge in [0.2, 0.25) is 0 Å². The van der Waals surface area contributed by atoms with E-state index >= 15 is 0 Å². The molecule has 0 amide bonds. The number of nitrogens with one attached hydrogen (secondary N) is 2. The normalized spacial score (nSPS) is 14.9. The van der Waals surface area contributed by atoms with Crippen molar-refractivity contribution in [3.8, 4) is 0 Å². The summed E-state index contributed by atoms with van der Waals surface area (Å²) < 4.78 is 29.4. The van der Waals surface area contributed by atoms with Gasteiger partial charge in [0, 0.05) is 42.6 Å². The smallest absolute Gasteiger partial charge is 0.262 e. The van der Waals surface area contributed by atoms with E-state index < -0.39 is 10.0 Å². The fourth-order valence-electron chi connectivity index (χ4n) is 4.34. The SMILES string of the molecule is Cc1cc(C)c(S(=O)(=O)Nc2ccc(N3CCNCC3)c3ccccc23)c(C)c1. The minimum Gasteiger partial charge on any atom is -0.368 e. The number of piperazine rings is 1. The summed E-state index contributed by atoms with van der Waals surface area (Å²) in [5.74, 6) is 0. The standard InChI is InChI=1S/C23H27N3O2S/c1-16-14-17(2)23(18(3)15-16)29(27,28)25-21-8-9-22(26-12-10-24-11-13-26)20-7-5-4-6-19(20)21/h4-9,14-15,24-25H,10-13H2,1-3H3. The predicted octanol–water partition coefficient (Wildman–Crippen LogP) is 3.98. The van der Waals surface area contributed by atoms with E-state index in [0.717, 1.165) is 59.3 Å². The average molecular weight is 410 g/mol. The summed E-state index contributed by atoms with van der Waals surface area (Å²) in [7, 11) is -3.69. The van der Waals surface area contributed by atoms with Gasteiger partial charge in [0.1, 0.15) is 0 Å². The van der Waals surface area contributed by atoms with Crippen LogP contribution in [0.3, 0.4) is 0 Å². The molecule has 0 bridgehead atoms. The Morgan fingerprint density at radius 3 is 2.17 bits per heavy atom. The van der Waals surface area contributed by atoms with Crippen LogP contribution in [0.25, 0.3) is 10.8 Å². The van der Waals surface area contributed by atoms with Crippen LogP contribution in [0.15, 0.2) is 53.4 Å². The minimum atomic E-state index is -3.69. The number of hydrogen-bond donors (Lipinski definition) is 2. The van der Waals surface area contributed by atoms with Gasteiger partial charge in [-0.1, -0.05) is 42.0 Å². The second-order valence-electron chi connectivity index (χ2n) is 7.75. The lowest BCUT2D eigenvalue weighted by molar-refractivity contribution is 0.590. The lowest BCUT2D eigenvalue weighted by Gasteiger charge is -2.31. The molecule has 3 aromatic carbocycles. The number of hydrogen-bond acceptors (Lipinski definition) is 4. The number of sulfonamides is 1. The second-order valence-corrected chi connectivity index (χ2v) is 9.37. The topological polar surface area (TPSA) is 61.4 Å². The summed E-state index contributed by atoms with van der Waals surface area (Å²) in [4.78, 5) is 2.71. The number of benzene rings is 3. The fourth-order valence-corrected chi connectivity index (χ4v) is 5.88. The van der Waals surface area contributed by atoms with Crippen LogP contribution in [-0.4, -0.2) is 34.6 Å². The highest BCUT2D eigenvalue weighted by atomic mass is 32.2. The Bertz CT molecular complexity index is 1140. The van der Waals surface area contributed by atoms with Crippen LogP contribution >= 0.6 is 0 Å². The van der Waals surface area contributed by atoms with Crippen molar-refractivity contribution in [2.45, 2.75) is 25.7 Å². The molecule has 0 aromatic heterocycles. The maximum Gasteiger partial charge on any atom is 0.262 e. The van der Waals surface area contributed by atoms with E-state index in [0.29, 0.717) is 10.6 Å². The molecule has 4 rings (SSSR count). The lowest BCUT2D eigenvalue weighted by Crippen LogP contribution is -2.43. The van der Waals surface area contributed by atoms with Crippen molar-refractivity contribution in [3.05, 3.63) is 65.2 Å². The summed E-state index contributed by atoms with van der Waals surface area (Å²) in [6.07, 6.45) is 0. The average Bonchev–Trinajstić information content (AvgIpc) is 2.67. The molecule has 2 N–H and O–H groups in total. The summed E-state index contributed by atoms with van der Waals surface area (Å²) in [6, 6.07) is 15.7. The molecule has 1 aliphatic heterocycles. The van der Waals surface area contributed by atoms with Crippen LogP contribution in [-0.2, 0) is 10.0 Å². The van der Waals surface area contributed by atoms with Crippen LogP contribution in [0, 0.1) is 20.8 Å². The van der Waals surface area contributed by atoms with Gasteiger partial charge in [0.05, 0.1) is 10.6 Å². The number of anilines is 2. The van der Waals surface area contributed by atoms with Crippen LogP contribution in [0.5, 0.6) is 0 Å². The molecular formula is C23H27N3O2S. The van der Waals surface area contributed by atoms with Gasteiger partial charge >= 0.3 is 0 Å². The first-order chi connectivity index (χ1) is 13.9. The number of nitrogens with zero attached hydrogens (tertiary/aromatic N) is 1. The monoisotopic (exact) mass is 409 g/mol. The molecule has 1 aliphatic rings. The quantitative estimate of drug-likeness (QED) is 0.684. The van der Waals surface area contributed by atoms with Gasteiger partial charge in [-0.2, -0.15) is 0 Å². The van der Waals surface area contributed by atoms with Crippen molar-refractivity contribution in [2.24, 2.45) is 0 Å². The van der Waals surface area contributed by atoms with Crippen molar-refractivity contribution in [2.75, 3.05) is 35.8 Å². The zero-order chi connectivity index (χ0) is 20.6. The Morgan fingerprint density at radius 1 is 0.897 bits per heavy atom. The van der Waals surface area contributed by atoms with Gasteiger partial charge in [0.15, 0.2) is 0 Å². The third-order valence-corrected chi connectivity index (χ3v) is 7.15. The molecule has 0 atom stereocenters. The first kappa shape index (κ1) is 19.7. The molecule has 0 radical (unpaired) electrons. The summed E-state index contributed by atoms with van der Waals surface area (Å²) in [5.41, 5.74) is 4.34. The van der Waals surface area contributed by atoms with E-state index in [2.05, 4.69) is 21.0 Å². The fraction of sp³-hybridized carbons (Fsp3) is 0.304. The highest BCUT2D eigenvalue weighted by molar-refractivity contribution is 7.92. The van der Waals surface area contributed by atoms with Crippen molar-refractivity contribution in [3.63, 3.8) is 0 Å².